The topological polar surface area (TPSA) is 75.6 Å². The number of ether oxygens (including phenoxy) is 1. The molecule has 0 aliphatic heterocycles. The largest absolute Gasteiger partial charge is 0.478 e. The Balaban J connectivity index is 1.36. The number of aromatic carboxylic acids is 1. The molecule has 5 nitrogen and oxygen atoms in total. The lowest BCUT2D eigenvalue weighted by atomic mass is 9.98. The number of hydrogen-bond acceptors (Lipinski definition) is 3. The molecular formula is C25H17ClFNO4. The molecule has 3 aromatic rings. The summed E-state index contributed by atoms with van der Waals surface area (Å²) in [7, 11) is 0. The molecule has 1 aliphatic carbocycles. The molecule has 7 heteroatoms. The number of amides is 1. The van der Waals surface area contributed by atoms with Crippen molar-refractivity contribution in [3.8, 4) is 23.0 Å². The first-order valence-corrected chi connectivity index (χ1v) is 10.1. The van der Waals surface area contributed by atoms with Gasteiger partial charge < -0.3 is 15.2 Å². The highest BCUT2D eigenvalue weighted by Crippen LogP contribution is 2.44. The number of carboxylic acids is 1. The average molecular weight is 450 g/mol. The maximum atomic E-state index is 14.0. The summed E-state index contributed by atoms with van der Waals surface area (Å²) in [6.45, 7) is 0.0998. The van der Waals surface area contributed by atoms with Crippen molar-refractivity contribution in [2.24, 2.45) is 0 Å². The lowest BCUT2D eigenvalue weighted by molar-refractivity contribution is 0.0696. The molecule has 0 spiro atoms. The van der Waals surface area contributed by atoms with Crippen LogP contribution in [0, 0.1) is 17.7 Å². The van der Waals surface area contributed by atoms with E-state index in [1.54, 1.807) is 0 Å². The summed E-state index contributed by atoms with van der Waals surface area (Å²) in [4.78, 5) is 23.1. The van der Waals surface area contributed by atoms with Crippen LogP contribution in [0.5, 0.6) is 0 Å². The molecule has 0 aromatic heterocycles. The molecule has 0 bridgehead atoms. The van der Waals surface area contributed by atoms with Crippen LogP contribution in [0.4, 0.5) is 9.18 Å². The first-order valence-electron chi connectivity index (χ1n) is 9.75. The van der Waals surface area contributed by atoms with Gasteiger partial charge >= 0.3 is 12.1 Å². The molecule has 1 amide bonds. The standard InChI is InChI=1S/C25H17ClFNO4/c26-22-12-15(23(27)13-20(22)24(29)30)6-5-11-28-25(31)32-14-21-18-9-3-1-7-16(18)17-8-2-4-10-19(17)21/h1-4,7-10,12-13,21H,11,14H2,(H,28,31)(H,29,30). The monoisotopic (exact) mass is 449 g/mol. The average Bonchev–Trinajstić information content (AvgIpc) is 3.11. The minimum absolute atomic E-state index is 0.0526. The number of benzene rings is 3. The van der Waals surface area contributed by atoms with Crippen molar-refractivity contribution >= 4 is 23.7 Å². The third-order valence-electron chi connectivity index (χ3n) is 5.17. The summed E-state index contributed by atoms with van der Waals surface area (Å²) < 4.78 is 19.4. The van der Waals surface area contributed by atoms with Gasteiger partial charge in [0.15, 0.2) is 0 Å². The summed E-state index contributed by atoms with van der Waals surface area (Å²) in [6, 6.07) is 18.0. The molecule has 0 saturated heterocycles. The Morgan fingerprint density at radius 3 is 2.31 bits per heavy atom. The Kier molecular flexibility index (Phi) is 6.11. The van der Waals surface area contributed by atoms with Crippen molar-refractivity contribution in [2.45, 2.75) is 5.92 Å². The zero-order valence-corrected chi connectivity index (χ0v) is 17.4. The molecule has 0 atom stereocenters. The third-order valence-corrected chi connectivity index (χ3v) is 5.49. The molecule has 0 saturated carbocycles. The molecule has 0 radical (unpaired) electrons. The Bertz CT molecular complexity index is 1230. The second kappa shape index (κ2) is 9.13. The van der Waals surface area contributed by atoms with Crippen molar-refractivity contribution in [3.63, 3.8) is 0 Å². The van der Waals surface area contributed by atoms with Crippen molar-refractivity contribution in [1.82, 2.24) is 5.32 Å². The van der Waals surface area contributed by atoms with Crippen LogP contribution in [0.3, 0.4) is 0 Å². The number of carbonyl (C=O) groups excluding carboxylic acids is 1. The van der Waals surface area contributed by atoms with Crippen LogP contribution in [-0.2, 0) is 4.74 Å². The van der Waals surface area contributed by atoms with E-state index in [-0.39, 0.29) is 35.2 Å². The van der Waals surface area contributed by atoms with E-state index in [2.05, 4.69) is 29.3 Å². The van der Waals surface area contributed by atoms with Crippen LogP contribution in [0.2, 0.25) is 5.02 Å². The highest BCUT2D eigenvalue weighted by Gasteiger charge is 2.28. The fraction of sp³-hybridized carbons (Fsp3) is 0.120. The van der Waals surface area contributed by atoms with Crippen molar-refractivity contribution in [1.29, 1.82) is 0 Å². The molecule has 1 aliphatic rings. The van der Waals surface area contributed by atoms with Crippen LogP contribution in [0.15, 0.2) is 60.7 Å². The van der Waals surface area contributed by atoms with E-state index in [0.29, 0.717) is 0 Å². The zero-order chi connectivity index (χ0) is 22.7. The van der Waals surface area contributed by atoms with Crippen LogP contribution in [0.25, 0.3) is 11.1 Å². The highest BCUT2D eigenvalue weighted by atomic mass is 35.5. The number of carbonyl (C=O) groups is 2. The summed E-state index contributed by atoms with van der Waals surface area (Å²) in [5, 5.41) is 11.3. The lowest BCUT2D eigenvalue weighted by Crippen LogP contribution is -2.26. The van der Waals surface area contributed by atoms with Gasteiger partial charge in [0.1, 0.15) is 12.4 Å². The van der Waals surface area contributed by atoms with Gasteiger partial charge in [-0.05, 0) is 34.4 Å². The second-order valence-corrected chi connectivity index (χ2v) is 7.51. The van der Waals surface area contributed by atoms with Crippen molar-refractivity contribution in [2.75, 3.05) is 13.2 Å². The predicted octanol–water partition coefficient (Wildman–Crippen LogP) is 5.07. The lowest BCUT2D eigenvalue weighted by Gasteiger charge is -2.14. The van der Waals surface area contributed by atoms with Gasteiger partial charge in [0.25, 0.3) is 0 Å². The van der Waals surface area contributed by atoms with Gasteiger partial charge in [-0.3, -0.25) is 0 Å². The van der Waals surface area contributed by atoms with Crippen LogP contribution >= 0.6 is 11.6 Å². The van der Waals surface area contributed by atoms with Gasteiger partial charge in [-0.1, -0.05) is 72.0 Å². The molecule has 160 valence electrons. The Morgan fingerprint density at radius 2 is 1.69 bits per heavy atom. The number of halogens is 2. The minimum Gasteiger partial charge on any atom is -0.478 e. The number of carboxylic acid groups (broad SMARTS) is 1. The van der Waals surface area contributed by atoms with E-state index >= 15 is 0 Å². The molecule has 0 heterocycles. The summed E-state index contributed by atoms with van der Waals surface area (Å²) >= 11 is 5.83. The first kappa shape index (κ1) is 21.4. The van der Waals surface area contributed by atoms with E-state index in [4.69, 9.17) is 21.4 Å². The fourth-order valence-corrected chi connectivity index (χ4v) is 3.96. The van der Waals surface area contributed by atoms with Gasteiger partial charge in [0.05, 0.1) is 22.7 Å². The zero-order valence-electron chi connectivity index (χ0n) is 16.7. The van der Waals surface area contributed by atoms with E-state index in [1.807, 2.05) is 36.4 Å². The number of nitrogens with one attached hydrogen (secondary N) is 1. The summed E-state index contributed by atoms with van der Waals surface area (Å²) in [5.74, 6) is 2.94. The first-order chi connectivity index (χ1) is 15.5. The molecule has 3 aromatic carbocycles. The van der Waals surface area contributed by atoms with Gasteiger partial charge in [-0.25, -0.2) is 14.0 Å². The van der Waals surface area contributed by atoms with E-state index < -0.39 is 17.9 Å². The molecule has 2 N–H and O–H groups in total. The predicted molar refractivity (Wildman–Crippen MR) is 118 cm³/mol. The Hall–Kier alpha value is -3.82. The van der Waals surface area contributed by atoms with E-state index in [9.17, 15) is 14.0 Å². The van der Waals surface area contributed by atoms with Crippen molar-refractivity contribution in [3.05, 3.63) is 93.8 Å². The maximum absolute atomic E-state index is 14.0. The second-order valence-electron chi connectivity index (χ2n) is 7.10. The van der Waals surface area contributed by atoms with Gasteiger partial charge in [-0.2, -0.15) is 0 Å². The Morgan fingerprint density at radius 1 is 1.06 bits per heavy atom. The van der Waals surface area contributed by atoms with E-state index in [1.165, 1.54) is 0 Å². The van der Waals surface area contributed by atoms with Crippen molar-refractivity contribution < 1.29 is 23.8 Å². The molecule has 0 fully saturated rings. The van der Waals surface area contributed by atoms with Crippen LogP contribution < -0.4 is 5.32 Å². The smallest absolute Gasteiger partial charge is 0.407 e. The van der Waals surface area contributed by atoms with Gasteiger partial charge in [-0.15, -0.1) is 0 Å². The molecule has 32 heavy (non-hydrogen) atoms. The summed E-state index contributed by atoms with van der Waals surface area (Å²) in [5.41, 5.74) is 4.09. The summed E-state index contributed by atoms with van der Waals surface area (Å²) in [6.07, 6.45) is -0.638. The molecular weight excluding hydrogens is 433 g/mol. The van der Waals surface area contributed by atoms with Gasteiger partial charge in [0, 0.05) is 5.92 Å². The number of hydrogen-bond donors (Lipinski definition) is 2. The SMILES string of the molecule is O=C(NCC#Cc1cc(Cl)c(C(=O)O)cc1F)OCC1c2ccccc2-c2ccccc21. The fourth-order valence-electron chi connectivity index (χ4n) is 3.71. The minimum atomic E-state index is -1.33. The quantitative estimate of drug-likeness (QED) is 0.545. The number of fused-ring (bicyclic) bond motifs is 3. The Labute approximate surface area is 188 Å². The third kappa shape index (κ3) is 4.29. The van der Waals surface area contributed by atoms with Crippen LogP contribution in [-0.4, -0.2) is 30.3 Å². The van der Waals surface area contributed by atoms with E-state index in [0.717, 1.165) is 34.4 Å². The highest BCUT2D eigenvalue weighted by molar-refractivity contribution is 6.33. The van der Waals surface area contributed by atoms with Gasteiger partial charge in [0.2, 0.25) is 0 Å². The van der Waals surface area contributed by atoms with Crippen LogP contribution in [0.1, 0.15) is 33.0 Å². The maximum Gasteiger partial charge on any atom is 0.407 e. The number of alkyl carbamates (subject to hydrolysis) is 1. The molecule has 4 rings (SSSR count). The molecule has 0 unspecified atom stereocenters. The number of rotatable bonds is 4. The normalized spacial score (nSPS) is 11.7.